The van der Waals surface area contributed by atoms with Crippen LogP contribution in [0.1, 0.15) is 31.2 Å². The van der Waals surface area contributed by atoms with Gasteiger partial charge < -0.3 is 5.21 Å². The molecule has 2 heteroatoms. The van der Waals surface area contributed by atoms with Gasteiger partial charge in [0, 0.05) is 17.6 Å². The molecule has 1 aromatic rings. The molecule has 1 aliphatic rings. The molecule has 0 saturated heterocycles. The normalized spacial score (nSPS) is 15.9. The number of benzene rings is 1. The molecular formula is C17H19NO. The molecule has 0 atom stereocenters. The molecule has 19 heavy (non-hydrogen) atoms. The summed E-state index contributed by atoms with van der Waals surface area (Å²) in [7, 11) is 1.52. The summed E-state index contributed by atoms with van der Waals surface area (Å²) in [4.78, 5) is 0. The van der Waals surface area contributed by atoms with Gasteiger partial charge >= 0.3 is 0 Å². The molecular weight excluding hydrogens is 234 g/mol. The van der Waals surface area contributed by atoms with Crippen molar-refractivity contribution in [1.82, 2.24) is 0 Å². The first-order valence-corrected chi connectivity index (χ1v) is 6.75. The Labute approximate surface area is 115 Å². The van der Waals surface area contributed by atoms with Crippen LogP contribution in [0.4, 0.5) is 0 Å². The monoisotopic (exact) mass is 253 g/mol. The van der Waals surface area contributed by atoms with Gasteiger partial charge in [-0.1, -0.05) is 42.2 Å². The molecule has 0 unspecified atom stereocenters. The average molecular weight is 253 g/mol. The Morgan fingerprint density at radius 1 is 1.21 bits per heavy atom. The number of allylic oxidation sites excluding steroid dienone is 2. The van der Waals surface area contributed by atoms with Crippen molar-refractivity contribution in [3.05, 3.63) is 52.2 Å². The second-order valence-electron chi connectivity index (χ2n) is 4.85. The van der Waals surface area contributed by atoms with Crippen LogP contribution in [0.25, 0.3) is 0 Å². The number of nitrogens with zero attached hydrogens (tertiary/aromatic N) is 1. The third-order valence-electron chi connectivity index (χ3n) is 3.22. The van der Waals surface area contributed by atoms with Gasteiger partial charge in [-0.25, -0.2) is 4.74 Å². The van der Waals surface area contributed by atoms with Crippen molar-refractivity contribution in [2.45, 2.75) is 32.1 Å². The zero-order valence-electron chi connectivity index (χ0n) is 11.4. The maximum Gasteiger partial charge on any atom is 0.178 e. The van der Waals surface area contributed by atoms with Gasteiger partial charge in [-0.3, -0.25) is 0 Å². The van der Waals surface area contributed by atoms with E-state index in [4.69, 9.17) is 0 Å². The van der Waals surface area contributed by atoms with Gasteiger partial charge in [-0.2, -0.15) is 0 Å². The molecule has 0 fully saturated rings. The van der Waals surface area contributed by atoms with Gasteiger partial charge in [0.25, 0.3) is 0 Å². The fraction of sp³-hybridized carbons (Fsp3) is 0.353. The van der Waals surface area contributed by atoms with E-state index < -0.39 is 0 Å². The standard InChI is InChI=1S/C17H19NO/c1-18(19)14-17-12-6-5-11-16(17)13-7-10-15-8-3-2-4-9-15/h2-4,8-9,14H,5-6,10-12H2,1H3/b18-14-. The smallest absolute Gasteiger partial charge is 0.178 e. The minimum atomic E-state index is 0.769. The maximum absolute atomic E-state index is 11.1. The Morgan fingerprint density at radius 3 is 2.68 bits per heavy atom. The van der Waals surface area contributed by atoms with Gasteiger partial charge in [0.2, 0.25) is 0 Å². The van der Waals surface area contributed by atoms with Crippen LogP contribution in [0.3, 0.4) is 0 Å². The average Bonchev–Trinajstić information content (AvgIpc) is 2.41. The molecule has 1 aliphatic carbocycles. The predicted octanol–water partition coefficient (Wildman–Crippen LogP) is 3.31. The van der Waals surface area contributed by atoms with E-state index in [1.54, 1.807) is 6.21 Å². The largest absolute Gasteiger partial charge is 0.624 e. The van der Waals surface area contributed by atoms with Gasteiger partial charge in [0.15, 0.2) is 6.21 Å². The molecule has 0 saturated carbocycles. The molecule has 0 aromatic heterocycles. The first-order valence-electron chi connectivity index (χ1n) is 6.75. The number of hydroxylamine groups is 1. The highest BCUT2D eigenvalue weighted by molar-refractivity contribution is 5.77. The zero-order chi connectivity index (χ0) is 13.5. The van der Waals surface area contributed by atoms with Crippen LogP contribution in [-0.2, 0) is 6.42 Å². The molecule has 0 amide bonds. The summed E-state index contributed by atoms with van der Waals surface area (Å²) in [5, 5.41) is 11.1. The summed E-state index contributed by atoms with van der Waals surface area (Å²) >= 11 is 0. The Hall–Kier alpha value is -2.01. The molecule has 0 spiro atoms. The van der Waals surface area contributed by atoms with E-state index in [0.29, 0.717) is 0 Å². The van der Waals surface area contributed by atoms with Crippen molar-refractivity contribution >= 4 is 6.21 Å². The molecule has 2 nitrogen and oxygen atoms in total. The van der Waals surface area contributed by atoms with Crippen molar-refractivity contribution < 1.29 is 4.74 Å². The zero-order valence-corrected chi connectivity index (χ0v) is 11.4. The fourth-order valence-electron chi connectivity index (χ4n) is 2.28. The summed E-state index contributed by atoms with van der Waals surface area (Å²) in [5.41, 5.74) is 3.49. The first-order chi connectivity index (χ1) is 9.25. The summed E-state index contributed by atoms with van der Waals surface area (Å²) in [6.07, 6.45) is 6.75. The predicted molar refractivity (Wildman–Crippen MR) is 79.0 cm³/mol. The number of hydrogen-bond donors (Lipinski definition) is 0. The summed E-state index contributed by atoms with van der Waals surface area (Å²) < 4.78 is 0.875. The van der Waals surface area contributed by atoms with E-state index in [1.807, 2.05) is 18.2 Å². The minimum absolute atomic E-state index is 0.769. The van der Waals surface area contributed by atoms with Crippen molar-refractivity contribution in [1.29, 1.82) is 0 Å². The maximum atomic E-state index is 11.1. The molecule has 1 aromatic carbocycles. The molecule has 98 valence electrons. The Morgan fingerprint density at radius 2 is 1.95 bits per heavy atom. The topological polar surface area (TPSA) is 26.1 Å². The highest BCUT2D eigenvalue weighted by atomic mass is 16.5. The minimum Gasteiger partial charge on any atom is -0.624 e. The quantitative estimate of drug-likeness (QED) is 0.261. The molecule has 0 bridgehead atoms. The summed E-state index contributed by atoms with van der Waals surface area (Å²) in [6, 6.07) is 10.2. The van der Waals surface area contributed by atoms with Crippen LogP contribution in [0.2, 0.25) is 0 Å². The third kappa shape index (κ3) is 4.30. The second-order valence-corrected chi connectivity index (χ2v) is 4.85. The lowest BCUT2D eigenvalue weighted by atomic mass is 9.92. The van der Waals surface area contributed by atoms with Crippen molar-refractivity contribution in [3.63, 3.8) is 0 Å². The van der Waals surface area contributed by atoms with Crippen molar-refractivity contribution in [2.75, 3.05) is 7.05 Å². The van der Waals surface area contributed by atoms with Gasteiger partial charge in [-0.15, -0.1) is 0 Å². The van der Waals surface area contributed by atoms with Crippen molar-refractivity contribution in [3.8, 4) is 11.8 Å². The fourth-order valence-corrected chi connectivity index (χ4v) is 2.28. The molecule has 0 radical (unpaired) electrons. The van der Waals surface area contributed by atoms with Crippen molar-refractivity contribution in [2.24, 2.45) is 0 Å². The number of hydrogen-bond acceptors (Lipinski definition) is 1. The SMILES string of the molecule is C/[N+]([O-])=C/C1=C(C#CCc2ccccc2)CCCC1. The lowest BCUT2D eigenvalue weighted by molar-refractivity contribution is -0.417. The van der Waals surface area contributed by atoms with E-state index in [-0.39, 0.29) is 0 Å². The Balaban J connectivity index is 2.12. The van der Waals surface area contributed by atoms with E-state index in [1.165, 1.54) is 19.0 Å². The second kappa shape index (κ2) is 6.80. The summed E-state index contributed by atoms with van der Waals surface area (Å²) in [5.74, 6) is 6.48. The highest BCUT2D eigenvalue weighted by Gasteiger charge is 2.11. The molecule has 0 N–H and O–H groups in total. The summed E-state index contributed by atoms with van der Waals surface area (Å²) in [6.45, 7) is 0. The molecule has 0 aliphatic heterocycles. The van der Waals surface area contributed by atoms with E-state index in [0.717, 1.165) is 41.6 Å². The molecule has 0 heterocycles. The third-order valence-corrected chi connectivity index (χ3v) is 3.22. The van der Waals surface area contributed by atoms with Crippen LogP contribution < -0.4 is 0 Å². The van der Waals surface area contributed by atoms with Gasteiger partial charge in [0.05, 0.1) is 0 Å². The van der Waals surface area contributed by atoms with Crippen LogP contribution in [0, 0.1) is 17.0 Å². The van der Waals surface area contributed by atoms with Crippen LogP contribution >= 0.6 is 0 Å². The van der Waals surface area contributed by atoms with Crippen LogP contribution in [0.5, 0.6) is 0 Å². The Kier molecular flexibility index (Phi) is 4.80. The first kappa shape index (κ1) is 13.4. The highest BCUT2D eigenvalue weighted by Crippen LogP contribution is 2.22. The lowest BCUT2D eigenvalue weighted by Gasteiger charge is -2.12. The van der Waals surface area contributed by atoms with E-state index >= 15 is 0 Å². The number of rotatable bonds is 2. The van der Waals surface area contributed by atoms with E-state index in [2.05, 4.69) is 24.0 Å². The van der Waals surface area contributed by atoms with E-state index in [9.17, 15) is 5.21 Å². The Bertz CT molecular complexity index is 540. The van der Waals surface area contributed by atoms with Gasteiger partial charge in [-0.05, 0) is 31.2 Å². The van der Waals surface area contributed by atoms with Crippen LogP contribution in [-0.4, -0.2) is 18.0 Å². The van der Waals surface area contributed by atoms with Crippen LogP contribution in [0.15, 0.2) is 41.5 Å². The molecule has 2 rings (SSSR count). The van der Waals surface area contributed by atoms with Gasteiger partial charge in [0.1, 0.15) is 7.05 Å². The lowest BCUT2D eigenvalue weighted by Crippen LogP contribution is -2.05.